The van der Waals surface area contributed by atoms with Crippen molar-refractivity contribution in [3.8, 4) is 0 Å². The van der Waals surface area contributed by atoms with Gasteiger partial charge < -0.3 is 14.6 Å². The Morgan fingerprint density at radius 2 is 1.89 bits per heavy atom. The van der Waals surface area contributed by atoms with Crippen LogP contribution in [0.4, 0.5) is 4.39 Å². The van der Waals surface area contributed by atoms with Crippen molar-refractivity contribution in [1.82, 2.24) is 0 Å². The molecule has 18 heavy (non-hydrogen) atoms. The Bertz CT molecular complexity index is 358. The fourth-order valence-electron chi connectivity index (χ4n) is 1.78. The van der Waals surface area contributed by atoms with Crippen LogP contribution in [0.5, 0.6) is 0 Å². The first kappa shape index (κ1) is 15.3. The Morgan fingerprint density at radius 1 is 1.17 bits per heavy atom. The first-order valence-corrected chi connectivity index (χ1v) is 6.48. The summed E-state index contributed by atoms with van der Waals surface area (Å²) >= 11 is 0. The van der Waals surface area contributed by atoms with E-state index in [0.29, 0.717) is 6.42 Å². The molecule has 0 aliphatic carbocycles. The quantitative estimate of drug-likeness (QED) is 0.431. The zero-order valence-electron chi connectivity index (χ0n) is 10.2. The molecule has 0 saturated carbocycles. The Morgan fingerprint density at radius 3 is 2.56 bits per heavy atom. The van der Waals surface area contributed by atoms with Crippen molar-refractivity contribution >= 4 is 10.5 Å². The van der Waals surface area contributed by atoms with E-state index < -0.39 is 5.97 Å². The normalized spacial score (nSPS) is 11.8. The molecule has 0 aliphatic rings. The van der Waals surface area contributed by atoms with Gasteiger partial charge in [-0.3, -0.25) is 0 Å². The Kier molecular flexibility index (Phi) is 6.49. The minimum Gasteiger partial charge on any atom is -0.371 e. The number of aliphatic hydroxyl groups is 2. The molecule has 0 bridgehead atoms. The molecule has 3 radical (unpaired) electrons. The molecule has 2 N–H and O–H groups in total. The highest BCUT2D eigenvalue weighted by Gasteiger charge is 2.20. The molecule has 0 fully saturated rings. The number of aryl methyl sites for hydroxylation is 1. The molecule has 99 valence electrons. The lowest BCUT2D eigenvalue weighted by Crippen LogP contribution is -2.30. The molecule has 5 heteroatoms. The topological polar surface area (TPSA) is 49.7 Å². The van der Waals surface area contributed by atoms with Gasteiger partial charge in [0, 0.05) is 6.42 Å². The van der Waals surface area contributed by atoms with Crippen molar-refractivity contribution in [1.29, 1.82) is 0 Å². The summed E-state index contributed by atoms with van der Waals surface area (Å²) in [4.78, 5) is 0. The molecule has 0 amide bonds. The number of hydrogen-bond donors (Lipinski definition) is 2. The highest BCUT2D eigenvalue weighted by atomic mass is 28.2. The van der Waals surface area contributed by atoms with E-state index in [1.54, 1.807) is 12.1 Å². The zero-order valence-corrected chi connectivity index (χ0v) is 11.2. The highest BCUT2D eigenvalue weighted by molar-refractivity contribution is 5.98. The van der Waals surface area contributed by atoms with Gasteiger partial charge in [-0.25, -0.2) is 4.39 Å². The van der Waals surface area contributed by atoms with E-state index >= 15 is 0 Å². The van der Waals surface area contributed by atoms with Gasteiger partial charge in [0.05, 0.1) is 0 Å². The predicted octanol–water partition coefficient (Wildman–Crippen LogP) is 2.06. The molecule has 0 atom stereocenters. The van der Waals surface area contributed by atoms with Crippen LogP contribution < -0.4 is 0 Å². The monoisotopic (exact) mass is 269 g/mol. The molecule has 0 spiro atoms. The Labute approximate surface area is 110 Å². The van der Waals surface area contributed by atoms with E-state index in [-0.39, 0.29) is 12.2 Å². The van der Waals surface area contributed by atoms with Gasteiger partial charge in [0.25, 0.3) is 16.5 Å². The van der Waals surface area contributed by atoms with Gasteiger partial charge in [0.2, 0.25) is 0 Å². The first-order valence-electron chi connectivity index (χ1n) is 6.07. The number of benzene rings is 1. The number of halogens is 1. The fourth-order valence-corrected chi connectivity index (χ4v) is 1.88. The Balaban J connectivity index is 2.09. The highest BCUT2D eigenvalue weighted by Crippen LogP contribution is 2.14. The lowest BCUT2D eigenvalue weighted by atomic mass is 10.1. The third-order valence-corrected chi connectivity index (χ3v) is 3.10. The van der Waals surface area contributed by atoms with Gasteiger partial charge in [-0.2, -0.15) is 0 Å². The summed E-state index contributed by atoms with van der Waals surface area (Å²) in [6.45, 7) is 0. The molecule has 0 aliphatic heterocycles. The molecule has 0 unspecified atom stereocenters. The largest absolute Gasteiger partial charge is 0.371 e. The van der Waals surface area contributed by atoms with Crippen molar-refractivity contribution in [3.05, 3.63) is 35.6 Å². The van der Waals surface area contributed by atoms with E-state index in [9.17, 15) is 4.39 Å². The number of rotatable bonds is 8. The second-order valence-corrected chi connectivity index (χ2v) is 4.59. The van der Waals surface area contributed by atoms with Crippen LogP contribution in [0.15, 0.2) is 24.3 Å². The molecule has 0 heterocycles. The zero-order chi connectivity index (χ0) is 13.4. The van der Waals surface area contributed by atoms with Crippen molar-refractivity contribution in [2.75, 3.05) is 0 Å². The third-order valence-electron chi connectivity index (χ3n) is 2.77. The van der Waals surface area contributed by atoms with Crippen LogP contribution in [0.25, 0.3) is 0 Å². The maximum absolute atomic E-state index is 12.9. The molecule has 1 rings (SSSR count). The summed E-state index contributed by atoms with van der Waals surface area (Å²) in [5.41, 5.74) is 0.997. The minimum absolute atomic E-state index is 0.163. The molecule has 1 aromatic rings. The fraction of sp³-hybridized carbons (Fsp3) is 0.538. The van der Waals surface area contributed by atoms with Crippen molar-refractivity contribution in [2.45, 2.75) is 44.5 Å². The van der Waals surface area contributed by atoms with Crippen LogP contribution in [-0.2, 0) is 10.8 Å². The summed E-state index contributed by atoms with van der Waals surface area (Å²) < 4.78 is 17.2. The summed E-state index contributed by atoms with van der Waals surface area (Å²) in [6.07, 6.45) is 4.48. The summed E-state index contributed by atoms with van der Waals surface area (Å²) in [7, 11) is 2.60. The van der Waals surface area contributed by atoms with Crippen molar-refractivity contribution < 1.29 is 19.0 Å². The lowest BCUT2D eigenvalue weighted by Gasteiger charge is -2.19. The molecule has 1 aromatic carbocycles. The minimum atomic E-state index is -2.08. The molecular weight excluding hydrogens is 251 g/mol. The molecule has 0 saturated heterocycles. The SMILES string of the molecule is OC(O)(CCCCCCc1cccc(F)c1)O[Si]. The summed E-state index contributed by atoms with van der Waals surface area (Å²) in [5, 5.41) is 18.3. The van der Waals surface area contributed by atoms with Crippen molar-refractivity contribution in [3.63, 3.8) is 0 Å². The van der Waals surface area contributed by atoms with E-state index in [4.69, 9.17) is 10.2 Å². The van der Waals surface area contributed by atoms with Gasteiger partial charge in [-0.15, -0.1) is 0 Å². The second-order valence-electron chi connectivity index (χ2n) is 4.39. The van der Waals surface area contributed by atoms with E-state index in [0.717, 1.165) is 31.2 Å². The molecular formula is C13H18FO3Si. The van der Waals surface area contributed by atoms with Gasteiger partial charge in [-0.05, 0) is 37.0 Å². The van der Waals surface area contributed by atoms with E-state index in [1.807, 2.05) is 6.07 Å². The predicted molar refractivity (Wildman–Crippen MR) is 67.2 cm³/mol. The van der Waals surface area contributed by atoms with Gasteiger partial charge >= 0.3 is 0 Å². The van der Waals surface area contributed by atoms with Gasteiger partial charge in [-0.1, -0.05) is 25.0 Å². The van der Waals surface area contributed by atoms with Gasteiger partial charge in [0.1, 0.15) is 5.82 Å². The van der Waals surface area contributed by atoms with E-state index in [1.165, 1.54) is 6.07 Å². The van der Waals surface area contributed by atoms with Crippen LogP contribution in [0, 0.1) is 5.82 Å². The summed E-state index contributed by atoms with van der Waals surface area (Å²) in [6, 6.07) is 6.61. The van der Waals surface area contributed by atoms with Crippen LogP contribution in [-0.4, -0.2) is 26.7 Å². The standard InChI is InChI=1S/C13H18FO3Si/c14-12-8-5-7-11(10-12)6-3-1-2-4-9-13(15,16)17-18/h5,7-8,10,15-16H,1-4,6,9H2. The first-order chi connectivity index (χ1) is 8.53. The van der Waals surface area contributed by atoms with Crippen LogP contribution >= 0.6 is 0 Å². The average Bonchev–Trinajstić information content (AvgIpc) is 2.34. The maximum Gasteiger partial charge on any atom is 0.267 e. The maximum atomic E-state index is 12.9. The third kappa shape index (κ3) is 6.25. The summed E-state index contributed by atoms with van der Waals surface area (Å²) in [5.74, 6) is -2.29. The number of hydrogen-bond acceptors (Lipinski definition) is 3. The molecule has 3 nitrogen and oxygen atoms in total. The lowest BCUT2D eigenvalue weighted by molar-refractivity contribution is -0.295. The molecule has 0 aromatic heterocycles. The van der Waals surface area contributed by atoms with Crippen LogP contribution in [0.2, 0.25) is 0 Å². The van der Waals surface area contributed by atoms with E-state index in [2.05, 4.69) is 14.9 Å². The average molecular weight is 269 g/mol. The van der Waals surface area contributed by atoms with Crippen molar-refractivity contribution in [2.24, 2.45) is 0 Å². The van der Waals surface area contributed by atoms with Gasteiger partial charge in [0.15, 0.2) is 0 Å². The van der Waals surface area contributed by atoms with Crippen LogP contribution in [0.1, 0.15) is 37.7 Å². The second kappa shape index (κ2) is 7.63. The smallest absolute Gasteiger partial charge is 0.267 e. The number of unbranched alkanes of at least 4 members (excludes halogenated alkanes) is 3. The Hall–Kier alpha value is -0.753. The van der Waals surface area contributed by atoms with Crippen LogP contribution in [0.3, 0.4) is 0 Å².